The first-order valence-electron chi connectivity index (χ1n) is 3.94. The van der Waals surface area contributed by atoms with E-state index in [1.165, 1.54) is 0 Å². The van der Waals surface area contributed by atoms with Gasteiger partial charge in [0, 0.05) is 5.87 Å². The number of benzene rings is 1. The van der Waals surface area contributed by atoms with Gasteiger partial charge in [-0.25, -0.2) is 0 Å². The maximum absolute atomic E-state index is 8.75. The molecule has 0 N–H and O–H groups in total. The van der Waals surface area contributed by atoms with Crippen molar-refractivity contribution in [3.05, 3.63) is 34.2 Å². The first-order valence-corrected chi connectivity index (χ1v) is 3.94. The maximum atomic E-state index is 8.75. The van der Waals surface area contributed by atoms with Crippen LogP contribution in [0, 0.1) is 11.3 Å². The second-order valence-electron chi connectivity index (χ2n) is 2.98. The number of nitriles is 1. The standard InChI is InChI=1S/C11H9N2/c1-8(2)9-3-4-10(6-12)11(5-9)7-13/h3-5H,1-2H3. The molecule has 0 aliphatic rings. The summed E-state index contributed by atoms with van der Waals surface area (Å²) >= 11 is 0. The summed E-state index contributed by atoms with van der Waals surface area (Å²) < 4.78 is 0. The highest BCUT2D eigenvalue weighted by Gasteiger charge is 1.93. The molecule has 0 aromatic heterocycles. The fraction of sp³-hybridized carbons (Fsp3) is 0.182. The van der Waals surface area contributed by atoms with Gasteiger partial charge >= 0.3 is 0 Å². The molecule has 1 rings (SSSR count). The zero-order valence-electron chi connectivity index (χ0n) is 7.63. The van der Waals surface area contributed by atoms with Crippen molar-refractivity contribution in [2.45, 2.75) is 13.8 Å². The first-order chi connectivity index (χ1) is 6.19. The average molecular weight is 169 g/mol. The Morgan fingerprint density at radius 1 is 1.31 bits per heavy atom. The second kappa shape index (κ2) is 3.71. The van der Waals surface area contributed by atoms with Gasteiger partial charge in [0.05, 0.1) is 10.8 Å². The fourth-order valence-corrected chi connectivity index (χ4v) is 1.05. The smallest absolute Gasteiger partial charge is 0.100 e. The summed E-state index contributed by atoms with van der Waals surface area (Å²) in [5.41, 5.74) is 1.59. The lowest BCUT2D eigenvalue weighted by molar-refractivity contribution is 1.41. The van der Waals surface area contributed by atoms with Crippen LogP contribution in [0.3, 0.4) is 0 Å². The topological polar surface area (TPSA) is 46.1 Å². The van der Waals surface area contributed by atoms with Crippen LogP contribution in [-0.4, -0.2) is 5.87 Å². The zero-order chi connectivity index (χ0) is 9.84. The molecule has 0 aliphatic heterocycles. The average Bonchev–Trinajstić information content (AvgIpc) is 2.16. The molecule has 63 valence electrons. The van der Waals surface area contributed by atoms with E-state index < -0.39 is 0 Å². The van der Waals surface area contributed by atoms with Gasteiger partial charge in [0.25, 0.3) is 0 Å². The van der Waals surface area contributed by atoms with Gasteiger partial charge in [-0.15, -0.1) is 0 Å². The van der Waals surface area contributed by atoms with E-state index in [4.69, 9.17) is 10.7 Å². The van der Waals surface area contributed by atoms with Crippen LogP contribution in [-0.2, 0) is 0 Å². The van der Waals surface area contributed by atoms with Crippen molar-refractivity contribution in [1.82, 2.24) is 5.41 Å². The Morgan fingerprint density at radius 2 is 2.00 bits per heavy atom. The van der Waals surface area contributed by atoms with E-state index in [1.54, 1.807) is 12.1 Å². The largest absolute Gasteiger partial charge is 0.192 e. The van der Waals surface area contributed by atoms with Gasteiger partial charge in [-0.2, -0.15) is 5.26 Å². The van der Waals surface area contributed by atoms with Crippen molar-refractivity contribution >= 4 is 11.4 Å². The summed E-state index contributed by atoms with van der Waals surface area (Å²) in [5, 5.41) is 18.9. The molecule has 2 heteroatoms. The third kappa shape index (κ3) is 1.84. The minimum atomic E-state index is 0.438. The van der Waals surface area contributed by atoms with Gasteiger partial charge in [-0.1, -0.05) is 17.0 Å². The molecule has 0 unspecified atom stereocenters. The Hall–Kier alpha value is -1.84. The maximum Gasteiger partial charge on any atom is 0.100 e. The molecule has 0 saturated heterocycles. The van der Waals surface area contributed by atoms with E-state index in [-0.39, 0.29) is 0 Å². The monoisotopic (exact) mass is 169 g/mol. The van der Waals surface area contributed by atoms with Crippen LogP contribution in [0.25, 0.3) is 5.57 Å². The SMILES string of the molecule is CC(C)=c1ccc(=C=[N])c(C#N)c1. The van der Waals surface area contributed by atoms with E-state index in [9.17, 15) is 0 Å². The van der Waals surface area contributed by atoms with Crippen LogP contribution < -0.4 is 15.8 Å². The minimum Gasteiger partial charge on any atom is -0.192 e. The van der Waals surface area contributed by atoms with E-state index in [2.05, 4.69) is 0 Å². The molecule has 0 amide bonds. The van der Waals surface area contributed by atoms with Crippen LogP contribution in [0.2, 0.25) is 0 Å². The van der Waals surface area contributed by atoms with E-state index in [0.29, 0.717) is 10.8 Å². The van der Waals surface area contributed by atoms with E-state index >= 15 is 0 Å². The summed E-state index contributed by atoms with van der Waals surface area (Å²) in [6, 6.07) is 7.29. The van der Waals surface area contributed by atoms with Crippen molar-refractivity contribution in [3.8, 4) is 6.07 Å². The number of rotatable bonds is 0. The van der Waals surface area contributed by atoms with E-state index in [0.717, 1.165) is 10.8 Å². The Labute approximate surface area is 77.0 Å². The van der Waals surface area contributed by atoms with Crippen molar-refractivity contribution in [2.24, 2.45) is 0 Å². The molecule has 0 heterocycles. The van der Waals surface area contributed by atoms with Gasteiger partial charge < -0.3 is 0 Å². The van der Waals surface area contributed by atoms with Crippen LogP contribution in [0.1, 0.15) is 19.4 Å². The highest BCUT2D eigenvalue weighted by atomic mass is 14.3. The molecule has 0 atom stereocenters. The number of hydrogen-bond acceptors (Lipinski definition) is 1. The van der Waals surface area contributed by atoms with Gasteiger partial charge in [0.1, 0.15) is 6.07 Å². The molecule has 0 bridgehead atoms. The molecule has 2 nitrogen and oxygen atoms in total. The summed E-state index contributed by atoms with van der Waals surface area (Å²) in [7, 11) is 0. The van der Waals surface area contributed by atoms with Crippen LogP contribution in [0.15, 0.2) is 18.2 Å². The summed E-state index contributed by atoms with van der Waals surface area (Å²) in [4.78, 5) is 0. The normalized spacial score (nSPS) is 8.69. The lowest BCUT2D eigenvalue weighted by Gasteiger charge is -1.92. The van der Waals surface area contributed by atoms with Gasteiger partial charge in [-0.3, -0.25) is 0 Å². The Bertz CT molecular complexity index is 496. The van der Waals surface area contributed by atoms with Crippen LogP contribution in [0.5, 0.6) is 0 Å². The molecule has 0 spiro atoms. The highest BCUT2D eigenvalue weighted by Crippen LogP contribution is 1.87. The molecular weight excluding hydrogens is 160 g/mol. The first kappa shape index (κ1) is 9.25. The van der Waals surface area contributed by atoms with Crippen molar-refractivity contribution in [1.29, 1.82) is 5.26 Å². The zero-order valence-corrected chi connectivity index (χ0v) is 7.63. The van der Waals surface area contributed by atoms with Crippen molar-refractivity contribution in [3.63, 3.8) is 0 Å². The Morgan fingerprint density at radius 3 is 2.46 bits per heavy atom. The minimum absolute atomic E-state index is 0.438. The predicted octanol–water partition coefficient (Wildman–Crippen LogP) is -0.110. The van der Waals surface area contributed by atoms with Gasteiger partial charge in [0.15, 0.2) is 0 Å². The van der Waals surface area contributed by atoms with Crippen LogP contribution in [0.4, 0.5) is 0 Å². The summed E-state index contributed by atoms with van der Waals surface area (Å²) in [6.45, 7) is 3.95. The van der Waals surface area contributed by atoms with Crippen molar-refractivity contribution < 1.29 is 0 Å². The third-order valence-corrected chi connectivity index (χ3v) is 1.84. The fourth-order valence-electron chi connectivity index (χ4n) is 1.05. The highest BCUT2D eigenvalue weighted by molar-refractivity contribution is 5.55. The molecule has 13 heavy (non-hydrogen) atoms. The lowest BCUT2D eigenvalue weighted by atomic mass is 10.1. The Kier molecular flexibility index (Phi) is 2.64. The summed E-state index contributed by atoms with van der Waals surface area (Å²) in [5.74, 6) is 1.98. The third-order valence-electron chi connectivity index (χ3n) is 1.84. The Balaban J connectivity index is 3.71. The van der Waals surface area contributed by atoms with E-state index in [1.807, 2.05) is 31.9 Å². The molecule has 1 aromatic carbocycles. The van der Waals surface area contributed by atoms with Gasteiger partial charge in [-0.05, 0) is 31.2 Å². The molecule has 1 radical (unpaired) electrons. The molecule has 0 fully saturated rings. The number of hydrogen-bond donors (Lipinski definition) is 0. The lowest BCUT2D eigenvalue weighted by Crippen LogP contribution is -2.15. The number of nitrogens with zero attached hydrogens (tertiary/aromatic N) is 2. The van der Waals surface area contributed by atoms with Crippen molar-refractivity contribution in [2.75, 3.05) is 0 Å². The van der Waals surface area contributed by atoms with Gasteiger partial charge in [0.2, 0.25) is 0 Å². The predicted molar refractivity (Wildman–Crippen MR) is 51.4 cm³/mol. The molecule has 0 saturated carbocycles. The molecule has 0 aliphatic carbocycles. The second-order valence-corrected chi connectivity index (χ2v) is 2.98. The summed E-state index contributed by atoms with van der Waals surface area (Å²) in [6.07, 6.45) is 0. The molecule has 1 aromatic rings. The quantitative estimate of drug-likeness (QED) is 0.500. The molecular formula is C11H9N2. The van der Waals surface area contributed by atoms with Crippen LogP contribution >= 0.6 is 0 Å².